The summed E-state index contributed by atoms with van der Waals surface area (Å²) in [4.78, 5) is 5.41. The van der Waals surface area contributed by atoms with Crippen LogP contribution >= 0.6 is 23.1 Å². The van der Waals surface area contributed by atoms with E-state index in [9.17, 15) is 0 Å². The van der Waals surface area contributed by atoms with Crippen LogP contribution in [0.25, 0.3) is 10.7 Å². The molecule has 9 heteroatoms. The molecule has 4 aromatic rings. The SMILES string of the molecule is Cc1cccc(OCc2nnc(SC(C)c3nc(-c4cccs4)no3)o2)c1. The lowest BCUT2D eigenvalue weighted by molar-refractivity contribution is 0.252. The lowest BCUT2D eigenvalue weighted by atomic mass is 10.2. The Labute approximate surface area is 163 Å². The number of nitrogens with zero attached hydrogens (tertiary/aromatic N) is 4. The van der Waals surface area contributed by atoms with Crippen LogP contribution < -0.4 is 4.74 Å². The molecule has 0 spiro atoms. The number of hydrogen-bond acceptors (Lipinski definition) is 9. The van der Waals surface area contributed by atoms with E-state index in [0.29, 0.717) is 22.8 Å². The number of aromatic nitrogens is 4. The van der Waals surface area contributed by atoms with Crippen molar-refractivity contribution in [1.29, 1.82) is 0 Å². The van der Waals surface area contributed by atoms with Crippen LogP contribution in [0, 0.1) is 6.92 Å². The predicted octanol–water partition coefficient (Wildman–Crippen LogP) is 4.92. The number of thiophene rings is 1. The molecule has 0 bridgehead atoms. The van der Waals surface area contributed by atoms with Crippen LogP contribution in [0.5, 0.6) is 5.75 Å². The van der Waals surface area contributed by atoms with Gasteiger partial charge in [-0.2, -0.15) is 4.98 Å². The Bertz CT molecular complexity index is 1010. The van der Waals surface area contributed by atoms with Gasteiger partial charge in [-0.3, -0.25) is 0 Å². The Hall–Kier alpha value is -2.65. The molecule has 0 saturated carbocycles. The van der Waals surface area contributed by atoms with Gasteiger partial charge >= 0.3 is 0 Å². The first kappa shape index (κ1) is 17.7. The normalized spacial score (nSPS) is 12.2. The van der Waals surface area contributed by atoms with E-state index in [4.69, 9.17) is 13.7 Å². The van der Waals surface area contributed by atoms with Gasteiger partial charge in [0, 0.05) is 0 Å². The molecule has 3 aromatic heterocycles. The van der Waals surface area contributed by atoms with Crippen LogP contribution in [0.1, 0.15) is 29.5 Å². The molecular weight excluding hydrogens is 384 g/mol. The zero-order valence-corrected chi connectivity index (χ0v) is 16.3. The van der Waals surface area contributed by atoms with Crippen LogP contribution in [0.4, 0.5) is 0 Å². The second-order valence-corrected chi connectivity index (χ2v) is 8.00. The van der Waals surface area contributed by atoms with Crippen molar-refractivity contribution < 1.29 is 13.7 Å². The first-order valence-corrected chi connectivity index (χ1v) is 9.99. The van der Waals surface area contributed by atoms with Crippen molar-refractivity contribution in [2.75, 3.05) is 0 Å². The number of benzene rings is 1. The number of hydrogen-bond donors (Lipinski definition) is 0. The third kappa shape index (κ3) is 4.37. The zero-order chi connectivity index (χ0) is 18.6. The third-order valence-corrected chi connectivity index (χ3v) is 5.40. The van der Waals surface area contributed by atoms with E-state index in [1.807, 2.05) is 55.6 Å². The summed E-state index contributed by atoms with van der Waals surface area (Å²) in [6.45, 7) is 4.18. The monoisotopic (exact) mass is 400 g/mol. The van der Waals surface area contributed by atoms with Gasteiger partial charge in [0.15, 0.2) is 6.61 Å². The molecular formula is C18H16N4O3S2. The molecule has 1 atom stereocenters. The Kier molecular flexibility index (Phi) is 5.21. The standard InChI is InChI=1S/C18H16N4O3S2/c1-11-5-3-6-13(9-11)23-10-15-20-21-18(24-15)27-12(2)17-19-16(22-25-17)14-7-4-8-26-14/h3-9,12H,10H2,1-2H3. The minimum atomic E-state index is -0.114. The van der Waals surface area contributed by atoms with Gasteiger partial charge < -0.3 is 13.7 Å². The van der Waals surface area contributed by atoms with E-state index in [-0.39, 0.29) is 11.9 Å². The van der Waals surface area contributed by atoms with Gasteiger partial charge in [0.2, 0.25) is 11.7 Å². The summed E-state index contributed by atoms with van der Waals surface area (Å²) < 4.78 is 16.7. The fraction of sp³-hybridized carbons (Fsp3) is 0.222. The second-order valence-electron chi connectivity index (χ2n) is 5.76. The first-order valence-electron chi connectivity index (χ1n) is 8.23. The maximum absolute atomic E-state index is 5.68. The van der Waals surface area contributed by atoms with E-state index >= 15 is 0 Å². The Morgan fingerprint density at radius 2 is 2.15 bits per heavy atom. The molecule has 0 aliphatic rings. The number of ether oxygens (including phenoxy) is 1. The Morgan fingerprint density at radius 3 is 2.96 bits per heavy atom. The molecule has 1 unspecified atom stereocenters. The van der Waals surface area contributed by atoms with Crippen LogP contribution in [0.2, 0.25) is 0 Å². The smallest absolute Gasteiger partial charge is 0.277 e. The van der Waals surface area contributed by atoms with Crippen LogP contribution in [-0.2, 0) is 6.61 Å². The van der Waals surface area contributed by atoms with E-state index in [0.717, 1.165) is 16.2 Å². The highest BCUT2D eigenvalue weighted by Gasteiger charge is 2.20. The van der Waals surface area contributed by atoms with Crippen molar-refractivity contribution >= 4 is 23.1 Å². The van der Waals surface area contributed by atoms with Gasteiger partial charge in [-0.05, 0) is 43.0 Å². The summed E-state index contributed by atoms with van der Waals surface area (Å²) in [7, 11) is 0. The molecule has 3 heterocycles. The van der Waals surface area contributed by atoms with Gasteiger partial charge in [-0.25, -0.2) is 0 Å². The molecule has 0 fully saturated rings. The highest BCUT2D eigenvalue weighted by atomic mass is 32.2. The zero-order valence-electron chi connectivity index (χ0n) is 14.7. The van der Waals surface area contributed by atoms with Gasteiger partial charge in [-0.15, -0.1) is 21.5 Å². The summed E-state index contributed by atoms with van der Waals surface area (Å²) in [5.74, 6) is 2.28. The number of rotatable bonds is 7. The van der Waals surface area contributed by atoms with Gasteiger partial charge in [0.25, 0.3) is 11.1 Å². The predicted molar refractivity (Wildman–Crippen MR) is 102 cm³/mol. The highest BCUT2D eigenvalue weighted by molar-refractivity contribution is 7.99. The maximum atomic E-state index is 5.68. The van der Waals surface area contributed by atoms with Gasteiger partial charge in [0.05, 0.1) is 10.1 Å². The van der Waals surface area contributed by atoms with Crippen LogP contribution in [0.3, 0.4) is 0 Å². The molecule has 138 valence electrons. The summed E-state index contributed by atoms with van der Waals surface area (Å²) >= 11 is 2.93. The quantitative estimate of drug-likeness (QED) is 0.404. The van der Waals surface area contributed by atoms with Crippen molar-refractivity contribution in [3.05, 3.63) is 59.1 Å². The molecule has 1 aromatic carbocycles. The largest absolute Gasteiger partial charge is 0.484 e. The van der Waals surface area contributed by atoms with Crippen molar-refractivity contribution in [3.8, 4) is 16.5 Å². The molecule has 0 N–H and O–H groups in total. The Balaban J connectivity index is 1.36. The van der Waals surface area contributed by atoms with Crippen LogP contribution in [-0.4, -0.2) is 20.3 Å². The van der Waals surface area contributed by atoms with E-state index in [1.165, 1.54) is 11.8 Å². The summed E-state index contributed by atoms with van der Waals surface area (Å²) in [5.41, 5.74) is 1.13. The van der Waals surface area contributed by atoms with Crippen molar-refractivity contribution in [2.24, 2.45) is 0 Å². The molecule has 0 amide bonds. The molecule has 0 radical (unpaired) electrons. The Morgan fingerprint density at radius 1 is 1.22 bits per heavy atom. The average molecular weight is 400 g/mol. The fourth-order valence-electron chi connectivity index (χ4n) is 2.30. The average Bonchev–Trinajstić information content (AvgIpc) is 3.40. The molecule has 0 saturated heterocycles. The second kappa shape index (κ2) is 7.93. The van der Waals surface area contributed by atoms with E-state index in [1.54, 1.807) is 11.3 Å². The van der Waals surface area contributed by atoms with E-state index in [2.05, 4.69) is 20.3 Å². The van der Waals surface area contributed by atoms with Gasteiger partial charge in [0.1, 0.15) is 5.75 Å². The topological polar surface area (TPSA) is 87.1 Å². The molecule has 0 aliphatic carbocycles. The lowest BCUT2D eigenvalue weighted by Crippen LogP contribution is -1.95. The van der Waals surface area contributed by atoms with Crippen molar-refractivity contribution in [1.82, 2.24) is 20.3 Å². The highest BCUT2D eigenvalue weighted by Crippen LogP contribution is 2.34. The fourth-order valence-corrected chi connectivity index (χ4v) is 3.68. The third-order valence-electron chi connectivity index (χ3n) is 3.61. The molecule has 7 nitrogen and oxygen atoms in total. The lowest BCUT2D eigenvalue weighted by Gasteiger charge is -2.03. The summed E-state index contributed by atoms with van der Waals surface area (Å²) in [5, 5.41) is 14.4. The summed E-state index contributed by atoms with van der Waals surface area (Å²) in [6.07, 6.45) is 0. The molecule has 4 rings (SSSR count). The number of thioether (sulfide) groups is 1. The minimum Gasteiger partial charge on any atom is -0.484 e. The summed E-state index contributed by atoms with van der Waals surface area (Å²) in [6, 6.07) is 11.7. The number of aryl methyl sites for hydroxylation is 1. The van der Waals surface area contributed by atoms with E-state index < -0.39 is 0 Å². The van der Waals surface area contributed by atoms with Gasteiger partial charge in [-0.1, -0.05) is 35.1 Å². The van der Waals surface area contributed by atoms with Crippen molar-refractivity contribution in [3.63, 3.8) is 0 Å². The van der Waals surface area contributed by atoms with Crippen molar-refractivity contribution in [2.45, 2.75) is 30.9 Å². The molecule has 27 heavy (non-hydrogen) atoms. The maximum Gasteiger partial charge on any atom is 0.277 e. The minimum absolute atomic E-state index is 0.114. The molecule has 0 aliphatic heterocycles. The van der Waals surface area contributed by atoms with Crippen LogP contribution in [0.15, 0.2) is 55.9 Å². The first-order chi connectivity index (χ1) is 13.2.